The minimum absolute atomic E-state index is 0.417. The number of halogens is 2. The maximum atomic E-state index is 10.9. The van der Waals surface area contributed by atoms with Crippen LogP contribution in [0.4, 0.5) is 0 Å². The van der Waals surface area contributed by atoms with E-state index < -0.39 is 5.41 Å². The van der Waals surface area contributed by atoms with E-state index in [9.17, 15) is 4.79 Å². The van der Waals surface area contributed by atoms with Crippen LogP contribution in [0.5, 0.6) is 0 Å². The van der Waals surface area contributed by atoms with Crippen LogP contribution in [0.15, 0.2) is 21.1 Å². The van der Waals surface area contributed by atoms with Gasteiger partial charge in [-0.2, -0.15) is 0 Å². The summed E-state index contributed by atoms with van der Waals surface area (Å²) in [6.45, 7) is 5.96. The van der Waals surface area contributed by atoms with Gasteiger partial charge in [-0.05, 0) is 65.1 Å². The van der Waals surface area contributed by atoms with E-state index in [0.29, 0.717) is 0 Å². The number of rotatable bonds is 4. The zero-order chi connectivity index (χ0) is 10.5. The molecule has 0 aliphatic carbocycles. The number of carbonyl (C=O) groups excluding carboxylic acids is 1. The first-order valence-corrected chi connectivity index (χ1v) is 5.62. The second kappa shape index (κ2) is 5.76. The lowest BCUT2D eigenvalue weighted by atomic mass is 9.88. The number of hydrogen-bond donors (Lipinski definition) is 0. The molecule has 0 aliphatic rings. The quantitative estimate of drug-likeness (QED) is 0.562. The van der Waals surface area contributed by atoms with Crippen molar-refractivity contribution in [1.82, 2.24) is 0 Å². The summed E-state index contributed by atoms with van der Waals surface area (Å²) >= 11 is 6.51. The molecule has 13 heavy (non-hydrogen) atoms. The third-order valence-electron chi connectivity index (χ3n) is 1.66. The standard InChI is InChI=1S/C10H14Br2O/c1-8(2)4-5-10(3,7-13)6-9(11)12/h4,6-7H,5H2,1-3H3/t10-/m0/s1. The lowest BCUT2D eigenvalue weighted by molar-refractivity contribution is -0.113. The van der Waals surface area contributed by atoms with Crippen molar-refractivity contribution >= 4 is 38.1 Å². The fourth-order valence-corrected chi connectivity index (χ4v) is 1.86. The van der Waals surface area contributed by atoms with Crippen molar-refractivity contribution in [3.8, 4) is 0 Å². The van der Waals surface area contributed by atoms with E-state index in [1.54, 1.807) is 0 Å². The SMILES string of the molecule is CC(C)=CC[C@](C)(C=O)C=C(Br)Br. The Kier molecular flexibility index (Phi) is 5.81. The molecule has 0 saturated heterocycles. The van der Waals surface area contributed by atoms with Crippen molar-refractivity contribution in [3.63, 3.8) is 0 Å². The first-order valence-electron chi connectivity index (χ1n) is 4.03. The molecule has 74 valence electrons. The highest BCUT2D eigenvalue weighted by molar-refractivity contribution is 9.28. The molecule has 0 heterocycles. The molecule has 0 aromatic carbocycles. The summed E-state index contributed by atoms with van der Waals surface area (Å²) in [7, 11) is 0. The molecule has 3 heteroatoms. The predicted molar refractivity (Wildman–Crippen MR) is 64.2 cm³/mol. The lowest BCUT2D eigenvalue weighted by Gasteiger charge is -2.16. The van der Waals surface area contributed by atoms with Gasteiger partial charge in [-0.1, -0.05) is 11.6 Å². The molecule has 0 unspecified atom stereocenters. The maximum Gasteiger partial charge on any atom is 0.130 e. The molecule has 0 fully saturated rings. The van der Waals surface area contributed by atoms with E-state index >= 15 is 0 Å². The Morgan fingerprint density at radius 3 is 2.23 bits per heavy atom. The molecule has 0 saturated carbocycles. The Morgan fingerprint density at radius 1 is 1.38 bits per heavy atom. The van der Waals surface area contributed by atoms with Crippen LogP contribution in [0, 0.1) is 5.41 Å². The highest BCUT2D eigenvalue weighted by Gasteiger charge is 2.19. The van der Waals surface area contributed by atoms with Gasteiger partial charge in [0.2, 0.25) is 0 Å². The van der Waals surface area contributed by atoms with E-state index in [4.69, 9.17) is 0 Å². The monoisotopic (exact) mass is 308 g/mol. The van der Waals surface area contributed by atoms with E-state index in [2.05, 4.69) is 37.9 Å². The number of aldehydes is 1. The topological polar surface area (TPSA) is 17.1 Å². The molecule has 0 N–H and O–H groups in total. The molecular weight excluding hydrogens is 296 g/mol. The summed E-state index contributed by atoms with van der Waals surface area (Å²) in [6.07, 6.45) is 5.63. The third-order valence-corrected chi connectivity index (χ3v) is 2.12. The fraction of sp³-hybridized carbons (Fsp3) is 0.500. The predicted octanol–water partition coefficient (Wildman–Crippen LogP) is 4.18. The lowest BCUT2D eigenvalue weighted by Crippen LogP contribution is -2.13. The average Bonchev–Trinajstić information content (AvgIpc) is 2.00. The van der Waals surface area contributed by atoms with E-state index in [1.165, 1.54) is 5.57 Å². The largest absolute Gasteiger partial charge is 0.302 e. The number of hydrogen-bond acceptors (Lipinski definition) is 1. The third kappa shape index (κ3) is 6.22. The molecule has 1 atom stereocenters. The van der Waals surface area contributed by atoms with Crippen LogP contribution in [0.2, 0.25) is 0 Å². The molecule has 0 spiro atoms. The van der Waals surface area contributed by atoms with Crippen molar-refractivity contribution in [2.75, 3.05) is 0 Å². The molecule has 0 bridgehead atoms. The van der Waals surface area contributed by atoms with Crippen molar-refractivity contribution in [2.45, 2.75) is 27.2 Å². The average molecular weight is 310 g/mol. The second-order valence-corrected chi connectivity index (χ2v) is 6.32. The number of carbonyl (C=O) groups is 1. The fourth-order valence-electron chi connectivity index (χ4n) is 0.814. The summed E-state index contributed by atoms with van der Waals surface area (Å²) in [5.74, 6) is 0. The first kappa shape index (κ1) is 13.1. The van der Waals surface area contributed by atoms with Gasteiger partial charge >= 0.3 is 0 Å². The summed E-state index contributed by atoms with van der Waals surface area (Å²) in [4.78, 5) is 10.9. The van der Waals surface area contributed by atoms with Gasteiger partial charge in [-0.3, -0.25) is 0 Å². The van der Waals surface area contributed by atoms with Gasteiger partial charge in [0.25, 0.3) is 0 Å². The Hall–Kier alpha value is 0.110. The Balaban J connectivity index is 4.56. The minimum Gasteiger partial charge on any atom is -0.302 e. The van der Waals surface area contributed by atoms with Crippen LogP contribution in [-0.4, -0.2) is 6.29 Å². The van der Waals surface area contributed by atoms with Gasteiger partial charge in [0.1, 0.15) is 6.29 Å². The van der Waals surface area contributed by atoms with E-state index in [0.717, 1.165) is 16.1 Å². The molecule has 0 radical (unpaired) electrons. The highest BCUT2D eigenvalue weighted by Crippen LogP contribution is 2.27. The molecule has 1 nitrogen and oxygen atoms in total. The summed E-state index contributed by atoms with van der Waals surface area (Å²) in [6, 6.07) is 0. The van der Waals surface area contributed by atoms with E-state index in [-0.39, 0.29) is 0 Å². The minimum atomic E-state index is -0.417. The molecular formula is C10H14Br2O. The molecule has 0 aliphatic heterocycles. The molecule has 0 amide bonds. The zero-order valence-corrected chi connectivity index (χ0v) is 11.3. The van der Waals surface area contributed by atoms with Gasteiger partial charge in [-0.15, -0.1) is 0 Å². The zero-order valence-electron chi connectivity index (χ0n) is 8.10. The second-order valence-electron chi connectivity index (χ2n) is 3.54. The normalized spacial score (nSPS) is 14.2. The van der Waals surface area contributed by atoms with Crippen molar-refractivity contribution < 1.29 is 4.79 Å². The van der Waals surface area contributed by atoms with Crippen LogP contribution in [0.3, 0.4) is 0 Å². The van der Waals surface area contributed by atoms with Gasteiger partial charge in [0.15, 0.2) is 0 Å². The van der Waals surface area contributed by atoms with Crippen LogP contribution in [0.1, 0.15) is 27.2 Å². The summed E-state index contributed by atoms with van der Waals surface area (Å²) in [5.41, 5.74) is 0.812. The molecule has 0 aromatic heterocycles. The first-order chi connectivity index (χ1) is 5.89. The van der Waals surface area contributed by atoms with Crippen LogP contribution in [0.25, 0.3) is 0 Å². The van der Waals surface area contributed by atoms with Crippen molar-refractivity contribution in [2.24, 2.45) is 5.41 Å². The molecule has 0 aromatic rings. The smallest absolute Gasteiger partial charge is 0.130 e. The van der Waals surface area contributed by atoms with Crippen LogP contribution < -0.4 is 0 Å². The Labute approximate surface area is 96.5 Å². The van der Waals surface area contributed by atoms with Gasteiger partial charge < -0.3 is 4.79 Å². The van der Waals surface area contributed by atoms with Crippen LogP contribution in [-0.2, 0) is 4.79 Å². The van der Waals surface area contributed by atoms with Gasteiger partial charge in [0.05, 0.1) is 3.39 Å². The van der Waals surface area contributed by atoms with Crippen molar-refractivity contribution in [1.29, 1.82) is 0 Å². The Morgan fingerprint density at radius 2 is 1.92 bits per heavy atom. The van der Waals surface area contributed by atoms with Crippen LogP contribution >= 0.6 is 31.9 Å². The van der Waals surface area contributed by atoms with Gasteiger partial charge in [-0.25, -0.2) is 0 Å². The number of allylic oxidation sites excluding steroid dienone is 3. The molecule has 0 rings (SSSR count). The Bertz CT molecular complexity index is 235. The van der Waals surface area contributed by atoms with Crippen molar-refractivity contribution in [3.05, 3.63) is 21.1 Å². The van der Waals surface area contributed by atoms with Gasteiger partial charge in [0, 0.05) is 5.41 Å². The highest BCUT2D eigenvalue weighted by atomic mass is 79.9. The van der Waals surface area contributed by atoms with E-state index in [1.807, 2.05) is 26.8 Å². The summed E-state index contributed by atoms with van der Waals surface area (Å²) < 4.78 is 0.816. The maximum absolute atomic E-state index is 10.9. The summed E-state index contributed by atoms with van der Waals surface area (Å²) in [5, 5.41) is 0.